The molecule has 2 unspecified atom stereocenters. The summed E-state index contributed by atoms with van der Waals surface area (Å²) in [5.41, 5.74) is 0. The van der Waals surface area contributed by atoms with Crippen LogP contribution in [0.5, 0.6) is 0 Å². The molecule has 0 heterocycles. The molecule has 0 fully saturated rings. The molecule has 3 atom stereocenters. The second kappa shape index (κ2) is 9.07. The lowest BCUT2D eigenvalue weighted by Crippen LogP contribution is -2.26. The Balaban J connectivity index is 3.60. The number of unbranched alkanes of at least 4 members (excludes halogenated alkanes) is 1. The SMILES string of the molecule is CCC(CCCC[C@H](O)OC(C)C(=O)O)N=O. The van der Waals surface area contributed by atoms with Crippen LogP contribution in [0.3, 0.4) is 0 Å². The van der Waals surface area contributed by atoms with Crippen molar-refractivity contribution < 1.29 is 19.7 Å². The van der Waals surface area contributed by atoms with Crippen LogP contribution in [0.15, 0.2) is 5.18 Å². The van der Waals surface area contributed by atoms with E-state index in [9.17, 15) is 14.8 Å². The van der Waals surface area contributed by atoms with Gasteiger partial charge in [-0.2, -0.15) is 4.91 Å². The lowest BCUT2D eigenvalue weighted by atomic mass is 10.1. The van der Waals surface area contributed by atoms with E-state index in [-0.39, 0.29) is 6.04 Å². The third kappa shape index (κ3) is 7.82. The third-order valence-corrected chi connectivity index (χ3v) is 2.57. The van der Waals surface area contributed by atoms with Gasteiger partial charge in [0.25, 0.3) is 0 Å². The van der Waals surface area contributed by atoms with Crippen LogP contribution in [0.2, 0.25) is 0 Å². The smallest absolute Gasteiger partial charge is 0.332 e. The van der Waals surface area contributed by atoms with Crippen molar-refractivity contribution in [1.29, 1.82) is 0 Å². The summed E-state index contributed by atoms with van der Waals surface area (Å²) in [5, 5.41) is 20.9. The molecule has 0 aromatic carbocycles. The molecule has 0 rings (SSSR count). The number of carboxylic acids is 1. The first kappa shape index (κ1) is 16.0. The quantitative estimate of drug-likeness (QED) is 0.349. The number of aliphatic hydroxyl groups excluding tert-OH is 1. The van der Waals surface area contributed by atoms with Gasteiger partial charge in [0, 0.05) is 0 Å². The number of nitrogens with zero attached hydrogens (tertiary/aromatic N) is 1. The summed E-state index contributed by atoms with van der Waals surface area (Å²) in [6, 6.07) is -0.161. The molecule has 0 aromatic heterocycles. The van der Waals surface area contributed by atoms with E-state index in [2.05, 4.69) is 5.18 Å². The molecule has 6 nitrogen and oxygen atoms in total. The average molecular weight is 247 g/mol. The van der Waals surface area contributed by atoms with Gasteiger partial charge in [0.05, 0.1) is 6.04 Å². The van der Waals surface area contributed by atoms with E-state index in [4.69, 9.17) is 9.84 Å². The fourth-order valence-electron chi connectivity index (χ4n) is 1.39. The summed E-state index contributed by atoms with van der Waals surface area (Å²) in [6.45, 7) is 3.27. The minimum atomic E-state index is -1.10. The van der Waals surface area contributed by atoms with Gasteiger partial charge >= 0.3 is 5.97 Å². The molecule has 0 aromatic rings. The number of hydrogen-bond acceptors (Lipinski definition) is 5. The van der Waals surface area contributed by atoms with Gasteiger partial charge in [0.15, 0.2) is 12.4 Å². The number of ether oxygens (including phenoxy) is 1. The summed E-state index contributed by atoms with van der Waals surface area (Å²) < 4.78 is 4.84. The van der Waals surface area contributed by atoms with Crippen LogP contribution in [0.25, 0.3) is 0 Å². The molecule has 0 radical (unpaired) electrons. The van der Waals surface area contributed by atoms with E-state index in [1.807, 2.05) is 6.92 Å². The van der Waals surface area contributed by atoms with Crippen molar-refractivity contribution in [2.45, 2.75) is 64.4 Å². The van der Waals surface area contributed by atoms with Crippen molar-refractivity contribution in [2.75, 3.05) is 0 Å². The minimum Gasteiger partial charge on any atom is -0.479 e. The van der Waals surface area contributed by atoms with Crippen LogP contribution in [0.1, 0.15) is 46.0 Å². The number of hydrogen-bond donors (Lipinski definition) is 2. The summed E-state index contributed by atoms with van der Waals surface area (Å²) in [5.74, 6) is -1.10. The van der Waals surface area contributed by atoms with Gasteiger partial charge in [-0.1, -0.05) is 18.5 Å². The van der Waals surface area contributed by atoms with Crippen molar-refractivity contribution in [3.8, 4) is 0 Å². The number of nitroso groups, excluding NO2 is 1. The Hall–Kier alpha value is -1.01. The van der Waals surface area contributed by atoms with E-state index >= 15 is 0 Å². The first-order chi connectivity index (χ1) is 8.01. The topological polar surface area (TPSA) is 96.2 Å². The molecule has 0 aliphatic rings. The lowest BCUT2D eigenvalue weighted by Gasteiger charge is -2.15. The van der Waals surface area contributed by atoms with Gasteiger partial charge in [-0.15, -0.1) is 0 Å². The monoisotopic (exact) mass is 247 g/mol. The van der Waals surface area contributed by atoms with Gasteiger partial charge in [-0.25, -0.2) is 4.79 Å². The van der Waals surface area contributed by atoms with Crippen molar-refractivity contribution >= 4 is 5.97 Å². The Bertz CT molecular complexity index is 234. The van der Waals surface area contributed by atoms with E-state index in [0.717, 1.165) is 12.8 Å². The molecule has 0 amide bonds. The van der Waals surface area contributed by atoms with Crippen molar-refractivity contribution in [1.82, 2.24) is 0 Å². The summed E-state index contributed by atoms with van der Waals surface area (Å²) in [7, 11) is 0. The van der Waals surface area contributed by atoms with Gasteiger partial charge in [-0.3, -0.25) is 0 Å². The number of rotatable bonds is 10. The van der Waals surface area contributed by atoms with Gasteiger partial charge in [-0.05, 0) is 32.6 Å². The lowest BCUT2D eigenvalue weighted by molar-refractivity contribution is -0.173. The average Bonchev–Trinajstić information content (AvgIpc) is 2.29. The van der Waals surface area contributed by atoms with E-state index < -0.39 is 18.4 Å². The highest BCUT2D eigenvalue weighted by molar-refractivity contribution is 5.71. The first-order valence-corrected chi connectivity index (χ1v) is 5.90. The molecule has 0 saturated heterocycles. The Labute approximate surface area is 101 Å². The standard InChI is InChI=1S/C11H21NO5/c1-3-9(12-16)6-4-5-7-10(13)17-8(2)11(14)15/h8-10,13H,3-7H2,1-2H3,(H,14,15)/t8?,9?,10-/m1/s1. The summed E-state index contributed by atoms with van der Waals surface area (Å²) in [6.07, 6.45) is 1.16. The molecule has 2 N–H and O–H groups in total. The van der Waals surface area contributed by atoms with E-state index in [1.54, 1.807) is 0 Å². The predicted octanol–water partition coefficient (Wildman–Crippen LogP) is 1.90. The number of aliphatic carboxylic acids is 1. The normalized spacial score (nSPS) is 16.2. The predicted molar refractivity (Wildman–Crippen MR) is 62.5 cm³/mol. The fourth-order valence-corrected chi connectivity index (χ4v) is 1.39. The number of carbonyl (C=O) groups is 1. The van der Waals surface area contributed by atoms with Gasteiger partial charge in [0.2, 0.25) is 0 Å². The van der Waals surface area contributed by atoms with Crippen molar-refractivity contribution in [3.63, 3.8) is 0 Å². The molecule has 0 aliphatic carbocycles. The highest BCUT2D eigenvalue weighted by Crippen LogP contribution is 2.12. The maximum atomic E-state index is 10.4. The van der Waals surface area contributed by atoms with Crippen molar-refractivity contribution in [3.05, 3.63) is 4.91 Å². The Morgan fingerprint density at radius 3 is 2.41 bits per heavy atom. The van der Waals surface area contributed by atoms with Gasteiger partial charge in [0.1, 0.15) is 0 Å². The molecule has 17 heavy (non-hydrogen) atoms. The minimum absolute atomic E-state index is 0.161. The highest BCUT2D eigenvalue weighted by Gasteiger charge is 2.16. The Morgan fingerprint density at radius 1 is 1.35 bits per heavy atom. The van der Waals surface area contributed by atoms with E-state index in [1.165, 1.54) is 6.92 Å². The fraction of sp³-hybridized carbons (Fsp3) is 0.909. The van der Waals surface area contributed by atoms with Gasteiger partial charge < -0.3 is 14.9 Å². The molecular weight excluding hydrogens is 226 g/mol. The molecular formula is C11H21NO5. The molecule has 0 aliphatic heterocycles. The Kier molecular flexibility index (Phi) is 8.53. The first-order valence-electron chi connectivity index (χ1n) is 5.90. The second-order valence-electron chi connectivity index (χ2n) is 4.02. The van der Waals surface area contributed by atoms with E-state index in [0.29, 0.717) is 19.3 Å². The zero-order valence-corrected chi connectivity index (χ0v) is 10.3. The number of carboxylic acid groups (broad SMARTS) is 1. The summed E-state index contributed by atoms with van der Waals surface area (Å²) in [4.78, 5) is 20.7. The zero-order valence-electron chi connectivity index (χ0n) is 10.3. The zero-order chi connectivity index (χ0) is 13.3. The Morgan fingerprint density at radius 2 is 1.94 bits per heavy atom. The van der Waals surface area contributed by atoms with Crippen LogP contribution in [0.4, 0.5) is 0 Å². The third-order valence-electron chi connectivity index (χ3n) is 2.57. The summed E-state index contributed by atoms with van der Waals surface area (Å²) >= 11 is 0. The maximum absolute atomic E-state index is 10.4. The number of aliphatic hydroxyl groups is 1. The van der Waals surface area contributed by atoms with Crippen LogP contribution >= 0.6 is 0 Å². The van der Waals surface area contributed by atoms with Crippen LogP contribution in [-0.4, -0.2) is 34.6 Å². The largest absolute Gasteiger partial charge is 0.479 e. The molecule has 100 valence electrons. The van der Waals surface area contributed by atoms with Crippen LogP contribution in [0, 0.1) is 4.91 Å². The molecule has 0 bridgehead atoms. The molecule has 0 spiro atoms. The molecule has 6 heteroatoms. The van der Waals surface area contributed by atoms with Crippen molar-refractivity contribution in [2.24, 2.45) is 5.18 Å². The second-order valence-corrected chi connectivity index (χ2v) is 4.02. The van der Waals surface area contributed by atoms with Crippen LogP contribution in [-0.2, 0) is 9.53 Å². The highest BCUT2D eigenvalue weighted by atomic mass is 16.6. The maximum Gasteiger partial charge on any atom is 0.332 e. The van der Waals surface area contributed by atoms with Crippen LogP contribution < -0.4 is 0 Å². The molecule has 0 saturated carbocycles.